The summed E-state index contributed by atoms with van der Waals surface area (Å²) in [5.41, 5.74) is 1.02. The minimum Gasteiger partial charge on any atom is -0.504 e. The SMILES string of the molecule is COc1cc(CN2CCNCC2C(=O)N(C)C)ccc1O. The molecule has 1 atom stereocenters. The Hall–Kier alpha value is -1.79. The van der Waals surface area contributed by atoms with Crippen LogP contribution in [0.1, 0.15) is 5.56 Å². The number of carbonyl (C=O) groups is 1. The van der Waals surface area contributed by atoms with E-state index in [2.05, 4.69) is 10.2 Å². The molecular weight excluding hydrogens is 270 g/mol. The summed E-state index contributed by atoms with van der Waals surface area (Å²) in [5, 5.41) is 12.9. The largest absolute Gasteiger partial charge is 0.504 e. The third kappa shape index (κ3) is 3.65. The molecule has 0 bridgehead atoms. The van der Waals surface area contributed by atoms with Crippen molar-refractivity contribution < 1.29 is 14.6 Å². The van der Waals surface area contributed by atoms with Crippen molar-refractivity contribution in [2.24, 2.45) is 0 Å². The van der Waals surface area contributed by atoms with Gasteiger partial charge in [-0.1, -0.05) is 6.07 Å². The minimum absolute atomic E-state index is 0.105. The molecule has 1 aromatic carbocycles. The molecule has 0 aromatic heterocycles. The van der Waals surface area contributed by atoms with Gasteiger partial charge in [-0.15, -0.1) is 0 Å². The van der Waals surface area contributed by atoms with Gasteiger partial charge >= 0.3 is 0 Å². The van der Waals surface area contributed by atoms with Crippen molar-refractivity contribution in [3.8, 4) is 11.5 Å². The first-order valence-electron chi connectivity index (χ1n) is 7.04. The lowest BCUT2D eigenvalue weighted by atomic mass is 10.1. The van der Waals surface area contributed by atoms with Gasteiger partial charge in [0.2, 0.25) is 5.91 Å². The van der Waals surface area contributed by atoms with E-state index in [0.29, 0.717) is 18.8 Å². The molecule has 0 spiro atoms. The maximum Gasteiger partial charge on any atom is 0.240 e. The van der Waals surface area contributed by atoms with Crippen LogP contribution in [-0.2, 0) is 11.3 Å². The molecule has 6 nitrogen and oxygen atoms in total. The number of aromatic hydroxyl groups is 1. The molecule has 1 heterocycles. The molecule has 2 rings (SSSR count). The Bertz CT molecular complexity index is 505. The van der Waals surface area contributed by atoms with E-state index in [-0.39, 0.29) is 17.7 Å². The van der Waals surface area contributed by atoms with E-state index in [1.54, 1.807) is 25.1 Å². The molecular formula is C15H23N3O3. The van der Waals surface area contributed by atoms with E-state index < -0.39 is 0 Å². The number of phenolic OH excluding ortho intramolecular Hbond substituents is 1. The van der Waals surface area contributed by atoms with Gasteiger partial charge in [-0.2, -0.15) is 0 Å². The van der Waals surface area contributed by atoms with Crippen molar-refractivity contribution >= 4 is 5.91 Å². The number of hydrogen-bond donors (Lipinski definition) is 2. The van der Waals surface area contributed by atoms with Crippen LogP contribution in [0.15, 0.2) is 18.2 Å². The predicted molar refractivity (Wildman–Crippen MR) is 80.4 cm³/mol. The number of benzene rings is 1. The van der Waals surface area contributed by atoms with Gasteiger partial charge in [0.1, 0.15) is 6.04 Å². The minimum atomic E-state index is -0.159. The molecule has 1 saturated heterocycles. The summed E-state index contributed by atoms with van der Waals surface area (Å²) in [4.78, 5) is 16.0. The van der Waals surface area contributed by atoms with Crippen molar-refractivity contribution in [2.75, 3.05) is 40.8 Å². The van der Waals surface area contributed by atoms with Crippen LogP contribution in [0.25, 0.3) is 0 Å². The molecule has 1 amide bonds. The van der Waals surface area contributed by atoms with Crippen molar-refractivity contribution in [3.05, 3.63) is 23.8 Å². The maximum atomic E-state index is 12.3. The Morgan fingerprint density at radius 3 is 2.95 bits per heavy atom. The molecule has 116 valence electrons. The van der Waals surface area contributed by atoms with Crippen LogP contribution in [-0.4, -0.2) is 67.7 Å². The zero-order valence-corrected chi connectivity index (χ0v) is 12.8. The molecule has 1 fully saturated rings. The summed E-state index contributed by atoms with van der Waals surface area (Å²) in [6.45, 7) is 2.99. The van der Waals surface area contributed by atoms with Gasteiger partial charge in [0.05, 0.1) is 7.11 Å². The molecule has 1 aromatic rings. The number of carbonyl (C=O) groups excluding carboxylic acids is 1. The van der Waals surface area contributed by atoms with Crippen LogP contribution in [0.5, 0.6) is 11.5 Å². The Kier molecular flexibility index (Phi) is 5.03. The van der Waals surface area contributed by atoms with Gasteiger partial charge in [0.15, 0.2) is 11.5 Å². The molecule has 1 aliphatic heterocycles. The molecule has 0 radical (unpaired) electrons. The fraction of sp³-hybridized carbons (Fsp3) is 0.533. The Labute approximate surface area is 125 Å². The molecule has 1 aliphatic rings. The first-order chi connectivity index (χ1) is 10.0. The van der Waals surface area contributed by atoms with Crippen LogP contribution < -0.4 is 10.1 Å². The molecule has 0 aliphatic carbocycles. The Balaban J connectivity index is 2.13. The van der Waals surface area contributed by atoms with Crippen molar-refractivity contribution in [1.82, 2.24) is 15.1 Å². The number of methoxy groups -OCH3 is 1. The highest BCUT2D eigenvalue weighted by Crippen LogP contribution is 2.27. The second-order valence-electron chi connectivity index (χ2n) is 5.43. The number of likely N-dealkylation sites (N-methyl/N-ethyl adjacent to an activating group) is 1. The molecule has 6 heteroatoms. The number of rotatable bonds is 4. The zero-order chi connectivity index (χ0) is 15.4. The second kappa shape index (κ2) is 6.78. The van der Waals surface area contributed by atoms with Gasteiger partial charge < -0.3 is 20.1 Å². The fourth-order valence-electron chi connectivity index (χ4n) is 2.53. The Morgan fingerprint density at radius 2 is 2.29 bits per heavy atom. The lowest BCUT2D eigenvalue weighted by molar-refractivity contribution is -0.135. The number of amides is 1. The topological polar surface area (TPSA) is 65.0 Å². The number of hydrogen-bond acceptors (Lipinski definition) is 5. The number of ether oxygens (including phenoxy) is 1. The highest BCUT2D eigenvalue weighted by atomic mass is 16.5. The average Bonchev–Trinajstić information content (AvgIpc) is 2.49. The lowest BCUT2D eigenvalue weighted by Crippen LogP contribution is -2.57. The van der Waals surface area contributed by atoms with E-state index in [1.807, 2.05) is 12.1 Å². The maximum absolute atomic E-state index is 12.3. The summed E-state index contributed by atoms with van der Waals surface area (Å²) in [6, 6.07) is 5.14. The van der Waals surface area contributed by atoms with Crippen LogP contribution in [0, 0.1) is 0 Å². The van der Waals surface area contributed by atoms with Crippen molar-refractivity contribution in [1.29, 1.82) is 0 Å². The average molecular weight is 293 g/mol. The van der Waals surface area contributed by atoms with Crippen molar-refractivity contribution in [2.45, 2.75) is 12.6 Å². The first-order valence-corrected chi connectivity index (χ1v) is 7.04. The van der Waals surface area contributed by atoms with Crippen LogP contribution >= 0.6 is 0 Å². The molecule has 0 saturated carbocycles. The summed E-state index contributed by atoms with van der Waals surface area (Å²) in [7, 11) is 5.08. The van der Waals surface area contributed by atoms with Gasteiger partial charge in [0.25, 0.3) is 0 Å². The molecule has 2 N–H and O–H groups in total. The normalized spacial score (nSPS) is 19.3. The number of phenols is 1. The van der Waals surface area contributed by atoms with E-state index in [1.165, 1.54) is 7.11 Å². The third-order valence-electron chi connectivity index (χ3n) is 3.71. The van der Waals surface area contributed by atoms with E-state index in [9.17, 15) is 9.90 Å². The number of piperazine rings is 1. The highest BCUT2D eigenvalue weighted by molar-refractivity contribution is 5.81. The predicted octanol–water partition coefficient (Wildman–Crippen LogP) is 0.263. The molecule has 1 unspecified atom stereocenters. The second-order valence-corrected chi connectivity index (χ2v) is 5.43. The van der Waals surface area contributed by atoms with Gasteiger partial charge in [-0.25, -0.2) is 0 Å². The fourth-order valence-corrected chi connectivity index (χ4v) is 2.53. The quantitative estimate of drug-likeness (QED) is 0.834. The zero-order valence-electron chi connectivity index (χ0n) is 12.8. The van der Waals surface area contributed by atoms with Gasteiger partial charge in [-0.05, 0) is 17.7 Å². The van der Waals surface area contributed by atoms with E-state index in [4.69, 9.17) is 4.74 Å². The van der Waals surface area contributed by atoms with E-state index in [0.717, 1.165) is 18.7 Å². The number of nitrogens with zero attached hydrogens (tertiary/aromatic N) is 2. The van der Waals surface area contributed by atoms with E-state index >= 15 is 0 Å². The standard InChI is InChI=1S/C15H23N3O3/c1-17(2)15(20)12-9-16-6-7-18(12)10-11-4-5-13(19)14(8-11)21-3/h4-5,8,12,16,19H,6-7,9-10H2,1-3H3. The summed E-state index contributed by atoms with van der Waals surface area (Å²) in [5.74, 6) is 0.688. The van der Waals surface area contributed by atoms with Crippen LogP contribution in [0.3, 0.4) is 0 Å². The van der Waals surface area contributed by atoms with Crippen LogP contribution in [0.4, 0.5) is 0 Å². The summed E-state index contributed by atoms with van der Waals surface area (Å²) >= 11 is 0. The third-order valence-corrected chi connectivity index (χ3v) is 3.71. The van der Waals surface area contributed by atoms with Gasteiger partial charge in [0, 0.05) is 40.3 Å². The monoisotopic (exact) mass is 293 g/mol. The highest BCUT2D eigenvalue weighted by Gasteiger charge is 2.29. The Morgan fingerprint density at radius 1 is 1.52 bits per heavy atom. The van der Waals surface area contributed by atoms with Gasteiger partial charge in [-0.3, -0.25) is 9.69 Å². The smallest absolute Gasteiger partial charge is 0.240 e. The van der Waals surface area contributed by atoms with Crippen LogP contribution in [0.2, 0.25) is 0 Å². The lowest BCUT2D eigenvalue weighted by Gasteiger charge is -2.36. The number of nitrogens with one attached hydrogen (secondary N) is 1. The summed E-state index contributed by atoms with van der Waals surface area (Å²) in [6.07, 6.45) is 0. The first kappa shape index (κ1) is 15.6. The summed E-state index contributed by atoms with van der Waals surface area (Å²) < 4.78 is 5.13. The molecule has 21 heavy (non-hydrogen) atoms. The van der Waals surface area contributed by atoms with Crippen molar-refractivity contribution in [3.63, 3.8) is 0 Å².